The van der Waals surface area contributed by atoms with Crippen LogP contribution in [0.5, 0.6) is 0 Å². The fourth-order valence-corrected chi connectivity index (χ4v) is 7.04. The molecular formula is C52H35NO. The molecule has 2 heteroatoms. The van der Waals surface area contributed by atoms with Crippen LogP contribution in [0.15, 0.2) is 216 Å². The van der Waals surface area contributed by atoms with Crippen LogP contribution in [-0.4, -0.2) is 0 Å². The largest absolute Gasteiger partial charge is 0.456 e. The molecule has 1 aromatic heterocycles. The number of rotatable bonds is 7. The molecule has 9 aromatic carbocycles. The molecule has 0 amide bonds. The lowest BCUT2D eigenvalue weighted by atomic mass is 9.94. The molecule has 10 rings (SSSR count). The van der Waals surface area contributed by atoms with E-state index in [1.54, 1.807) is 23.1 Å². The molecule has 0 aliphatic carbocycles. The van der Waals surface area contributed by atoms with E-state index in [1.165, 1.54) is 24.3 Å². The highest BCUT2D eigenvalue weighted by molar-refractivity contribution is 6.24. The van der Waals surface area contributed by atoms with E-state index in [2.05, 4.69) is 36.4 Å². The first-order valence-electron chi connectivity index (χ1n) is 24.3. The third-order valence-electron chi connectivity index (χ3n) is 9.52. The standard InChI is InChI=1S/C52H35NO/c1-4-12-36(13-5-1)39-22-24-42(25-23-39)45-18-10-19-47-46(45)34-35-50-51(47)52-48(20-11-21-49(52)54-50)53(43-30-26-40(27-31-43)37-14-6-2-7-15-37)44-32-28-41(29-33-44)38-16-8-3-9-17-38/h1-35H/i2D,3D,6D,7D,8D,9D,14D,15D,16D,17D,26D,27D,28D,29D. The van der Waals surface area contributed by atoms with E-state index in [4.69, 9.17) is 18.1 Å². The van der Waals surface area contributed by atoms with Crippen LogP contribution in [0.25, 0.3) is 77.2 Å². The fourth-order valence-electron chi connectivity index (χ4n) is 7.04. The van der Waals surface area contributed by atoms with E-state index in [0.717, 1.165) is 38.4 Å². The zero-order valence-corrected chi connectivity index (χ0v) is 28.5. The zero-order valence-electron chi connectivity index (χ0n) is 42.5. The first-order chi connectivity index (χ1) is 32.6. The molecule has 0 atom stereocenters. The van der Waals surface area contributed by atoms with E-state index in [-0.39, 0.29) is 57.8 Å². The lowest BCUT2D eigenvalue weighted by molar-refractivity contribution is 0.669. The average molecular weight is 704 g/mol. The van der Waals surface area contributed by atoms with E-state index in [1.807, 2.05) is 48.5 Å². The van der Waals surface area contributed by atoms with Gasteiger partial charge in [-0.25, -0.2) is 0 Å². The third kappa shape index (κ3) is 5.62. The van der Waals surface area contributed by atoms with Gasteiger partial charge in [-0.05, 0) is 97.7 Å². The zero-order chi connectivity index (χ0) is 48.0. The van der Waals surface area contributed by atoms with Gasteiger partial charge >= 0.3 is 0 Å². The maximum Gasteiger partial charge on any atom is 0.137 e. The van der Waals surface area contributed by atoms with Gasteiger partial charge in [0, 0.05) is 16.8 Å². The Hall–Kier alpha value is -7.16. The van der Waals surface area contributed by atoms with Gasteiger partial charge in [-0.2, -0.15) is 0 Å². The third-order valence-corrected chi connectivity index (χ3v) is 9.52. The summed E-state index contributed by atoms with van der Waals surface area (Å²) in [6, 6.07) is 31.8. The molecule has 0 saturated heterocycles. The molecule has 0 radical (unpaired) electrons. The van der Waals surface area contributed by atoms with Crippen molar-refractivity contribution in [3.05, 3.63) is 212 Å². The number of hydrogen-bond acceptors (Lipinski definition) is 2. The van der Waals surface area contributed by atoms with Crippen molar-refractivity contribution in [3.63, 3.8) is 0 Å². The number of nitrogens with zero attached hydrogens (tertiary/aromatic N) is 1. The van der Waals surface area contributed by atoms with Crippen molar-refractivity contribution in [2.24, 2.45) is 0 Å². The van der Waals surface area contributed by atoms with E-state index in [9.17, 15) is 5.48 Å². The smallest absolute Gasteiger partial charge is 0.137 e. The second-order valence-corrected chi connectivity index (χ2v) is 12.6. The topological polar surface area (TPSA) is 16.4 Å². The van der Waals surface area contributed by atoms with Crippen molar-refractivity contribution in [2.75, 3.05) is 4.90 Å². The van der Waals surface area contributed by atoms with Crippen LogP contribution < -0.4 is 4.90 Å². The van der Waals surface area contributed by atoms with Crippen LogP contribution >= 0.6 is 0 Å². The molecule has 0 saturated carbocycles. The summed E-state index contributed by atoms with van der Waals surface area (Å²) in [5.74, 6) is 0. The molecule has 0 aliphatic heterocycles. The lowest BCUT2D eigenvalue weighted by Gasteiger charge is -2.27. The predicted octanol–water partition coefficient (Wildman–Crippen LogP) is 14.9. The minimum Gasteiger partial charge on any atom is -0.456 e. The van der Waals surface area contributed by atoms with Gasteiger partial charge in [-0.15, -0.1) is 0 Å². The van der Waals surface area contributed by atoms with Crippen molar-refractivity contribution in [1.82, 2.24) is 0 Å². The first-order valence-corrected chi connectivity index (χ1v) is 17.3. The summed E-state index contributed by atoms with van der Waals surface area (Å²) in [6.45, 7) is 0. The maximum absolute atomic E-state index is 9.30. The summed E-state index contributed by atoms with van der Waals surface area (Å²) in [5.41, 5.74) is 4.90. The monoisotopic (exact) mass is 703 g/mol. The normalized spacial score (nSPS) is 15.0. The molecule has 254 valence electrons. The van der Waals surface area contributed by atoms with Crippen molar-refractivity contribution < 1.29 is 23.6 Å². The van der Waals surface area contributed by atoms with E-state index >= 15 is 0 Å². The average Bonchev–Trinajstić information content (AvgIpc) is 3.73. The predicted molar refractivity (Wildman–Crippen MR) is 228 cm³/mol. The quantitative estimate of drug-likeness (QED) is 0.164. The molecular weight excluding hydrogens is 655 g/mol. The molecule has 0 fully saturated rings. The Morgan fingerprint density at radius 1 is 0.352 bits per heavy atom. The van der Waals surface area contributed by atoms with E-state index < -0.39 is 60.4 Å². The minimum atomic E-state index is -0.617. The van der Waals surface area contributed by atoms with Crippen molar-refractivity contribution in [2.45, 2.75) is 0 Å². The maximum atomic E-state index is 9.30. The lowest BCUT2D eigenvalue weighted by Crippen LogP contribution is -2.10. The van der Waals surface area contributed by atoms with Crippen molar-refractivity contribution in [1.29, 1.82) is 0 Å². The van der Waals surface area contributed by atoms with E-state index in [0.29, 0.717) is 22.2 Å². The highest BCUT2D eigenvalue weighted by Gasteiger charge is 2.21. The summed E-state index contributed by atoms with van der Waals surface area (Å²) in [5, 5.41) is 3.09. The Morgan fingerprint density at radius 3 is 1.52 bits per heavy atom. The van der Waals surface area contributed by atoms with Gasteiger partial charge in [-0.1, -0.05) is 170 Å². The van der Waals surface area contributed by atoms with Crippen LogP contribution in [-0.2, 0) is 0 Å². The SMILES string of the molecule is [2H]c1cc(N(c2cc([2H])c(-c3c([2H])c([2H])c([2H])c([2H])c3[2H])c([2H])c2)c2cccc3oc4ccc5c(-c6ccc(-c7ccccc7)cc6)cccc5c4c23)cc([2H])c1-c1c([2H])c([2H])c([2H])c([2H])c1[2H]. The Bertz CT molecular complexity index is 3510. The van der Waals surface area contributed by atoms with Gasteiger partial charge in [0.15, 0.2) is 0 Å². The van der Waals surface area contributed by atoms with Gasteiger partial charge in [0.2, 0.25) is 0 Å². The summed E-state index contributed by atoms with van der Waals surface area (Å²) in [7, 11) is 0. The van der Waals surface area contributed by atoms with Crippen LogP contribution in [0.1, 0.15) is 19.2 Å². The number of furan rings is 1. The van der Waals surface area contributed by atoms with Crippen LogP contribution in [0.4, 0.5) is 17.1 Å². The number of benzene rings is 9. The van der Waals surface area contributed by atoms with Crippen LogP contribution in [0.2, 0.25) is 0 Å². The second-order valence-electron chi connectivity index (χ2n) is 12.6. The molecule has 0 spiro atoms. The number of hydrogen-bond donors (Lipinski definition) is 0. The minimum absolute atomic E-state index is 0.173. The van der Waals surface area contributed by atoms with Crippen molar-refractivity contribution >= 4 is 49.8 Å². The summed E-state index contributed by atoms with van der Waals surface area (Å²) < 4.78 is 128. The molecule has 10 aromatic rings. The Labute approximate surface area is 334 Å². The summed E-state index contributed by atoms with van der Waals surface area (Å²) >= 11 is 0. The Balaban J connectivity index is 1.23. The highest BCUT2D eigenvalue weighted by Crippen LogP contribution is 2.46. The van der Waals surface area contributed by atoms with Crippen molar-refractivity contribution in [3.8, 4) is 44.5 Å². The molecule has 54 heavy (non-hydrogen) atoms. The molecule has 0 aliphatic rings. The molecule has 1 heterocycles. The molecule has 2 nitrogen and oxygen atoms in total. The number of anilines is 3. The molecule has 0 unspecified atom stereocenters. The van der Waals surface area contributed by atoms with Gasteiger partial charge in [0.1, 0.15) is 11.2 Å². The summed E-state index contributed by atoms with van der Waals surface area (Å²) in [6.07, 6.45) is 0. The second kappa shape index (κ2) is 13.4. The first kappa shape index (κ1) is 20.2. The molecule has 0 N–H and O–H groups in total. The van der Waals surface area contributed by atoms with Crippen LogP contribution in [0, 0.1) is 0 Å². The number of fused-ring (bicyclic) bond motifs is 5. The van der Waals surface area contributed by atoms with Gasteiger partial charge in [0.05, 0.1) is 30.3 Å². The van der Waals surface area contributed by atoms with Gasteiger partial charge < -0.3 is 9.32 Å². The van der Waals surface area contributed by atoms with Gasteiger partial charge in [-0.3, -0.25) is 0 Å². The molecule has 0 bridgehead atoms. The Kier molecular flexibility index (Phi) is 5.02. The fraction of sp³-hybridized carbons (Fsp3) is 0. The summed E-state index contributed by atoms with van der Waals surface area (Å²) in [4.78, 5) is 1.63. The highest BCUT2D eigenvalue weighted by atomic mass is 16.3. The van der Waals surface area contributed by atoms with Gasteiger partial charge in [0.25, 0.3) is 0 Å². The Morgan fingerprint density at radius 2 is 0.889 bits per heavy atom. The van der Waals surface area contributed by atoms with Crippen LogP contribution in [0.3, 0.4) is 0 Å².